The number of aromatic amines is 1. The predicted octanol–water partition coefficient (Wildman–Crippen LogP) is 2.43. The molecule has 0 aliphatic carbocycles. The van der Waals surface area contributed by atoms with Gasteiger partial charge in [0.15, 0.2) is 5.82 Å². The molecule has 1 unspecified atom stereocenters. The molecule has 0 spiro atoms. The molecular weight excluding hydrogens is 231 g/mol. The summed E-state index contributed by atoms with van der Waals surface area (Å²) < 4.78 is 13.6. The standard InChI is InChI=1S/C13H15FN4/c14-10-6-2-1-5-9(10)12-16-13(18-17-12)11-7-3-4-8-15-11/h1-2,5-6,11,15H,3-4,7-8H2,(H,16,17,18). The second-order valence-electron chi connectivity index (χ2n) is 4.53. The number of H-pyrrole nitrogens is 1. The first kappa shape index (κ1) is 11.3. The van der Waals surface area contributed by atoms with Crippen molar-refractivity contribution in [2.24, 2.45) is 0 Å². The lowest BCUT2D eigenvalue weighted by Crippen LogP contribution is -2.27. The zero-order chi connectivity index (χ0) is 12.4. The molecule has 94 valence electrons. The van der Waals surface area contributed by atoms with Crippen LogP contribution < -0.4 is 5.32 Å². The van der Waals surface area contributed by atoms with E-state index in [9.17, 15) is 4.39 Å². The zero-order valence-corrected chi connectivity index (χ0v) is 9.99. The molecule has 2 aromatic rings. The van der Waals surface area contributed by atoms with E-state index in [4.69, 9.17) is 0 Å². The Morgan fingerprint density at radius 3 is 2.89 bits per heavy atom. The summed E-state index contributed by atoms with van der Waals surface area (Å²) in [4.78, 5) is 4.40. The van der Waals surface area contributed by atoms with Crippen molar-refractivity contribution in [3.05, 3.63) is 35.9 Å². The van der Waals surface area contributed by atoms with Crippen molar-refractivity contribution in [1.29, 1.82) is 0 Å². The fourth-order valence-electron chi connectivity index (χ4n) is 2.28. The van der Waals surface area contributed by atoms with Crippen molar-refractivity contribution in [3.8, 4) is 11.4 Å². The molecule has 0 bridgehead atoms. The summed E-state index contributed by atoms with van der Waals surface area (Å²) in [7, 11) is 0. The molecule has 0 saturated carbocycles. The summed E-state index contributed by atoms with van der Waals surface area (Å²) >= 11 is 0. The van der Waals surface area contributed by atoms with E-state index in [-0.39, 0.29) is 11.9 Å². The minimum atomic E-state index is -0.292. The lowest BCUT2D eigenvalue weighted by atomic mass is 10.0. The molecule has 1 aliphatic heterocycles. The number of hydrogen-bond donors (Lipinski definition) is 2. The van der Waals surface area contributed by atoms with Gasteiger partial charge in [-0.1, -0.05) is 18.6 Å². The number of nitrogens with one attached hydrogen (secondary N) is 2. The van der Waals surface area contributed by atoms with Crippen LogP contribution in [0.4, 0.5) is 4.39 Å². The van der Waals surface area contributed by atoms with Gasteiger partial charge in [0, 0.05) is 0 Å². The van der Waals surface area contributed by atoms with Crippen molar-refractivity contribution >= 4 is 0 Å². The average molecular weight is 246 g/mol. The molecule has 2 N–H and O–H groups in total. The van der Waals surface area contributed by atoms with E-state index in [1.807, 2.05) is 0 Å². The lowest BCUT2D eigenvalue weighted by Gasteiger charge is -2.20. The van der Waals surface area contributed by atoms with Crippen LogP contribution >= 0.6 is 0 Å². The maximum absolute atomic E-state index is 13.6. The normalized spacial score (nSPS) is 19.9. The number of nitrogens with zero attached hydrogens (tertiary/aromatic N) is 2. The van der Waals surface area contributed by atoms with Crippen LogP contribution in [0.2, 0.25) is 0 Å². The van der Waals surface area contributed by atoms with Crippen molar-refractivity contribution in [3.63, 3.8) is 0 Å². The molecule has 1 aliphatic rings. The summed E-state index contributed by atoms with van der Waals surface area (Å²) in [6.07, 6.45) is 3.43. The predicted molar refractivity (Wildman–Crippen MR) is 66.4 cm³/mol. The summed E-state index contributed by atoms with van der Waals surface area (Å²) in [5.41, 5.74) is 0.441. The highest BCUT2D eigenvalue weighted by Crippen LogP contribution is 2.23. The van der Waals surface area contributed by atoms with Gasteiger partial charge in [-0.15, -0.1) is 0 Å². The maximum Gasteiger partial charge on any atom is 0.184 e. The van der Waals surface area contributed by atoms with Gasteiger partial charge in [0.1, 0.15) is 11.6 Å². The van der Waals surface area contributed by atoms with Crippen LogP contribution in [0.3, 0.4) is 0 Å². The first-order valence-electron chi connectivity index (χ1n) is 6.25. The fraction of sp³-hybridized carbons (Fsp3) is 0.385. The molecule has 0 radical (unpaired) electrons. The summed E-state index contributed by atoms with van der Waals surface area (Å²) in [6.45, 7) is 1.00. The zero-order valence-electron chi connectivity index (χ0n) is 9.99. The smallest absolute Gasteiger partial charge is 0.184 e. The summed E-state index contributed by atoms with van der Waals surface area (Å²) in [5, 5.41) is 10.4. The number of hydrogen-bond acceptors (Lipinski definition) is 3. The minimum absolute atomic E-state index is 0.215. The van der Waals surface area contributed by atoms with Crippen LogP contribution in [0.1, 0.15) is 31.1 Å². The molecule has 5 heteroatoms. The molecular formula is C13H15FN4. The van der Waals surface area contributed by atoms with Gasteiger partial charge in [-0.2, -0.15) is 5.10 Å². The Balaban J connectivity index is 1.87. The highest BCUT2D eigenvalue weighted by molar-refractivity contribution is 5.55. The average Bonchev–Trinajstić information content (AvgIpc) is 2.90. The maximum atomic E-state index is 13.6. The van der Waals surface area contributed by atoms with E-state index in [0.717, 1.165) is 18.8 Å². The second kappa shape index (κ2) is 4.86. The molecule has 1 fully saturated rings. The molecule has 18 heavy (non-hydrogen) atoms. The lowest BCUT2D eigenvalue weighted by molar-refractivity contribution is 0.398. The van der Waals surface area contributed by atoms with Gasteiger partial charge in [-0.05, 0) is 31.5 Å². The fourth-order valence-corrected chi connectivity index (χ4v) is 2.28. The number of halogens is 1. The monoisotopic (exact) mass is 246 g/mol. The van der Waals surface area contributed by atoms with Crippen molar-refractivity contribution < 1.29 is 4.39 Å². The summed E-state index contributed by atoms with van der Waals surface area (Å²) in [6, 6.07) is 6.77. The van der Waals surface area contributed by atoms with Crippen molar-refractivity contribution in [1.82, 2.24) is 20.5 Å². The third kappa shape index (κ3) is 2.13. The molecule has 1 aromatic carbocycles. The van der Waals surface area contributed by atoms with Gasteiger partial charge in [0.2, 0.25) is 0 Å². The second-order valence-corrected chi connectivity index (χ2v) is 4.53. The van der Waals surface area contributed by atoms with Gasteiger partial charge >= 0.3 is 0 Å². The Hall–Kier alpha value is -1.75. The highest BCUT2D eigenvalue weighted by Gasteiger charge is 2.19. The molecule has 1 aromatic heterocycles. The molecule has 1 saturated heterocycles. The van der Waals surface area contributed by atoms with E-state index in [2.05, 4.69) is 20.5 Å². The van der Waals surface area contributed by atoms with Gasteiger partial charge < -0.3 is 5.32 Å². The highest BCUT2D eigenvalue weighted by atomic mass is 19.1. The van der Waals surface area contributed by atoms with E-state index in [0.29, 0.717) is 11.4 Å². The largest absolute Gasteiger partial charge is 0.307 e. The van der Waals surface area contributed by atoms with Crippen molar-refractivity contribution in [2.45, 2.75) is 25.3 Å². The Bertz CT molecular complexity index is 531. The summed E-state index contributed by atoms with van der Waals surface area (Å²) in [5.74, 6) is 0.933. The third-order valence-electron chi connectivity index (χ3n) is 3.26. The van der Waals surface area contributed by atoms with E-state index < -0.39 is 0 Å². The van der Waals surface area contributed by atoms with Crippen molar-refractivity contribution in [2.75, 3.05) is 6.54 Å². The number of piperidine rings is 1. The first-order chi connectivity index (χ1) is 8.84. The molecule has 4 nitrogen and oxygen atoms in total. The van der Waals surface area contributed by atoms with Gasteiger partial charge in [-0.3, -0.25) is 5.10 Å². The van der Waals surface area contributed by atoms with E-state index >= 15 is 0 Å². The number of benzene rings is 1. The van der Waals surface area contributed by atoms with E-state index in [1.165, 1.54) is 18.9 Å². The Morgan fingerprint density at radius 2 is 2.11 bits per heavy atom. The molecule has 2 heterocycles. The Labute approximate surface area is 105 Å². The van der Waals surface area contributed by atoms with Gasteiger partial charge in [-0.25, -0.2) is 9.37 Å². The Kier molecular flexibility index (Phi) is 3.06. The first-order valence-corrected chi connectivity index (χ1v) is 6.25. The van der Waals surface area contributed by atoms with Gasteiger partial charge in [0.25, 0.3) is 0 Å². The van der Waals surface area contributed by atoms with Crippen LogP contribution in [-0.4, -0.2) is 21.7 Å². The van der Waals surface area contributed by atoms with E-state index in [1.54, 1.807) is 18.2 Å². The SMILES string of the molecule is Fc1ccccc1-c1n[nH]c(C2CCCCN2)n1. The van der Waals surface area contributed by atoms with Crippen LogP contribution in [0, 0.1) is 5.82 Å². The minimum Gasteiger partial charge on any atom is -0.307 e. The quantitative estimate of drug-likeness (QED) is 0.855. The molecule has 3 rings (SSSR count). The van der Waals surface area contributed by atoms with Gasteiger partial charge in [0.05, 0.1) is 11.6 Å². The van der Waals surface area contributed by atoms with Crippen LogP contribution in [0.25, 0.3) is 11.4 Å². The topological polar surface area (TPSA) is 53.6 Å². The van der Waals surface area contributed by atoms with Crippen LogP contribution in [0.15, 0.2) is 24.3 Å². The molecule has 0 amide bonds. The third-order valence-corrected chi connectivity index (χ3v) is 3.26. The number of rotatable bonds is 2. The molecule has 1 atom stereocenters. The number of aromatic nitrogens is 3. The van der Waals surface area contributed by atoms with Crippen LogP contribution in [-0.2, 0) is 0 Å². The van der Waals surface area contributed by atoms with Crippen LogP contribution in [0.5, 0.6) is 0 Å². The Morgan fingerprint density at radius 1 is 1.22 bits per heavy atom.